The van der Waals surface area contributed by atoms with Crippen molar-refractivity contribution in [3.05, 3.63) is 6.33 Å². The van der Waals surface area contributed by atoms with Gasteiger partial charge in [0, 0.05) is 0 Å². The van der Waals surface area contributed by atoms with Gasteiger partial charge in [-0.05, 0) is 18.5 Å². The fourth-order valence-electron chi connectivity index (χ4n) is 0.550. The van der Waals surface area contributed by atoms with Crippen molar-refractivity contribution in [3.8, 4) is 0 Å². The molecule has 0 spiro atoms. The Balaban J connectivity index is 2.22. The van der Waals surface area contributed by atoms with Crippen LogP contribution < -0.4 is 0 Å². The van der Waals surface area contributed by atoms with Crippen LogP contribution in [-0.4, -0.2) is 27.7 Å². The standard InChI is InChI=1S/C6H8N2O2S2/c1-2-10-5(9)3-11-6-7-4-8-12-6/h4H,2-3H2,1H3. The molecule has 0 fully saturated rings. The lowest BCUT2D eigenvalue weighted by molar-refractivity contribution is -0.139. The summed E-state index contributed by atoms with van der Waals surface area (Å²) in [6.07, 6.45) is 1.47. The molecule has 1 aromatic rings. The minimum absolute atomic E-state index is 0.210. The highest BCUT2D eigenvalue weighted by atomic mass is 32.2. The number of hydrogen-bond donors (Lipinski definition) is 0. The molecular formula is C6H8N2O2S2. The third-order valence-corrected chi connectivity index (χ3v) is 2.73. The zero-order valence-electron chi connectivity index (χ0n) is 6.52. The largest absolute Gasteiger partial charge is 0.465 e. The molecule has 0 aliphatic heterocycles. The van der Waals surface area contributed by atoms with Crippen LogP contribution in [0.5, 0.6) is 0 Å². The number of nitrogens with zero attached hydrogens (tertiary/aromatic N) is 2. The minimum atomic E-state index is -0.210. The average molecular weight is 204 g/mol. The number of esters is 1. The lowest BCUT2D eigenvalue weighted by Crippen LogP contribution is -2.06. The summed E-state index contributed by atoms with van der Waals surface area (Å²) in [6, 6.07) is 0. The van der Waals surface area contributed by atoms with E-state index in [0.717, 1.165) is 4.34 Å². The number of carbonyl (C=O) groups excluding carboxylic acids is 1. The summed E-state index contributed by atoms with van der Waals surface area (Å²) in [5, 5.41) is 0. The summed E-state index contributed by atoms with van der Waals surface area (Å²) in [4.78, 5) is 14.8. The van der Waals surface area contributed by atoms with Crippen molar-refractivity contribution in [2.75, 3.05) is 12.4 Å². The van der Waals surface area contributed by atoms with Crippen LogP contribution in [0.1, 0.15) is 6.92 Å². The maximum Gasteiger partial charge on any atom is 0.316 e. The SMILES string of the molecule is CCOC(=O)CSc1ncns1. The molecule has 0 bridgehead atoms. The molecule has 0 aliphatic carbocycles. The summed E-state index contributed by atoms with van der Waals surface area (Å²) < 4.78 is 9.34. The predicted molar refractivity (Wildman–Crippen MR) is 47.3 cm³/mol. The van der Waals surface area contributed by atoms with E-state index in [-0.39, 0.29) is 5.97 Å². The van der Waals surface area contributed by atoms with Crippen LogP contribution in [0.4, 0.5) is 0 Å². The number of thioether (sulfide) groups is 1. The second kappa shape index (κ2) is 5.10. The highest BCUT2D eigenvalue weighted by Gasteiger charge is 2.04. The zero-order valence-corrected chi connectivity index (χ0v) is 8.15. The molecule has 12 heavy (non-hydrogen) atoms. The van der Waals surface area contributed by atoms with Gasteiger partial charge in [0.15, 0.2) is 4.34 Å². The Morgan fingerprint density at radius 1 is 1.83 bits per heavy atom. The van der Waals surface area contributed by atoms with Crippen molar-refractivity contribution in [2.24, 2.45) is 0 Å². The van der Waals surface area contributed by atoms with E-state index in [1.807, 2.05) is 0 Å². The van der Waals surface area contributed by atoms with Crippen LogP contribution in [-0.2, 0) is 9.53 Å². The van der Waals surface area contributed by atoms with Gasteiger partial charge >= 0.3 is 5.97 Å². The molecule has 4 nitrogen and oxygen atoms in total. The Morgan fingerprint density at radius 3 is 3.25 bits per heavy atom. The van der Waals surface area contributed by atoms with Crippen LogP contribution in [0.25, 0.3) is 0 Å². The van der Waals surface area contributed by atoms with Crippen molar-refractivity contribution >= 4 is 29.3 Å². The first kappa shape index (κ1) is 9.47. The molecule has 0 aromatic carbocycles. The number of aromatic nitrogens is 2. The van der Waals surface area contributed by atoms with E-state index in [4.69, 9.17) is 4.74 Å². The van der Waals surface area contributed by atoms with E-state index < -0.39 is 0 Å². The smallest absolute Gasteiger partial charge is 0.316 e. The van der Waals surface area contributed by atoms with Gasteiger partial charge in [-0.25, -0.2) is 4.98 Å². The first-order chi connectivity index (χ1) is 5.83. The summed E-state index contributed by atoms with van der Waals surface area (Å²) in [5.74, 6) is 0.0981. The summed E-state index contributed by atoms with van der Waals surface area (Å²) >= 11 is 2.62. The second-order valence-corrected chi connectivity index (χ2v) is 3.80. The second-order valence-electron chi connectivity index (χ2n) is 1.80. The van der Waals surface area contributed by atoms with Crippen LogP contribution in [0, 0.1) is 0 Å². The van der Waals surface area contributed by atoms with Crippen molar-refractivity contribution in [2.45, 2.75) is 11.3 Å². The van der Waals surface area contributed by atoms with E-state index in [9.17, 15) is 4.79 Å². The molecule has 0 aliphatic rings. The molecule has 66 valence electrons. The van der Waals surface area contributed by atoms with Crippen LogP contribution >= 0.6 is 23.3 Å². The fraction of sp³-hybridized carbons (Fsp3) is 0.500. The number of hydrogen-bond acceptors (Lipinski definition) is 6. The molecule has 0 N–H and O–H groups in total. The predicted octanol–water partition coefficient (Wildman–Crippen LogP) is 1.19. The van der Waals surface area contributed by atoms with E-state index >= 15 is 0 Å². The first-order valence-corrected chi connectivity index (χ1v) is 5.14. The third-order valence-electron chi connectivity index (χ3n) is 0.960. The van der Waals surface area contributed by atoms with Crippen molar-refractivity contribution in [1.29, 1.82) is 0 Å². The summed E-state index contributed by atoms with van der Waals surface area (Å²) in [5.41, 5.74) is 0. The van der Waals surface area contributed by atoms with Gasteiger partial charge in [-0.2, -0.15) is 4.37 Å². The van der Waals surface area contributed by atoms with Gasteiger partial charge in [0.25, 0.3) is 0 Å². The average Bonchev–Trinajstić information content (AvgIpc) is 2.53. The molecule has 6 heteroatoms. The molecule has 0 unspecified atom stereocenters. The molecule has 1 rings (SSSR count). The molecule has 0 saturated carbocycles. The van der Waals surface area contributed by atoms with Gasteiger partial charge in [0.1, 0.15) is 6.33 Å². The quantitative estimate of drug-likeness (QED) is 0.544. The van der Waals surface area contributed by atoms with Gasteiger partial charge in [0.05, 0.1) is 12.4 Å². The van der Waals surface area contributed by atoms with Crippen LogP contribution in [0.15, 0.2) is 10.7 Å². The Bertz CT molecular complexity index is 238. The number of carbonyl (C=O) groups is 1. The molecule has 1 heterocycles. The van der Waals surface area contributed by atoms with Crippen molar-refractivity contribution in [3.63, 3.8) is 0 Å². The van der Waals surface area contributed by atoms with E-state index in [0.29, 0.717) is 12.4 Å². The molecule has 0 atom stereocenters. The minimum Gasteiger partial charge on any atom is -0.465 e. The van der Waals surface area contributed by atoms with E-state index in [1.165, 1.54) is 29.6 Å². The van der Waals surface area contributed by atoms with Crippen LogP contribution in [0.3, 0.4) is 0 Å². The molecule has 0 radical (unpaired) electrons. The maximum absolute atomic E-state index is 10.9. The zero-order chi connectivity index (χ0) is 8.81. The van der Waals surface area contributed by atoms with Gasteiger partial charge in [-0.15, -0.1) is 0 Å². The Labute approximate surface area is 78.5 Å². The molecular weight excluding hydrogens is 196 g/mol. The van der Waals surface area contributed by atoms with Crippen molar-refractivity contribution in [1.82, 2.24) is 9.36 Å². The first-order valence-electron chi connectivity index (χ1n) is 3.38. The van der Waals surface area contributed by atoms with Crippen molar-refractivity contribution < 1.29 is 9.53 Å². The van der Waals surface area contributed by atoms with E-state index in [1.54, 1.807) is 6.92 Å². The van der Waals surface area contributed by atoms with E-state index in [2.05, 4.69) is 9.36 Å². The third kappa shape index (κ3) is 3.19. The molecule has 0 amide bonds. The Hall–Kier alpha value is -0.620. The Kier molecular flexibility index (Phi) is 4.02. The number of ether oxygens (including phenoxy) is 1. The maximum atomic E-state index is 10.9. The molecule has 1 aromatic heterocycles. The van der Waals surface area contributed by atoms with Gasteiger partial charge in [-0.3, -0.25) is 4.79 Å². The lowest BCUT2D eigenvalue weighted by Gasteiger charge is -1.97. The summed E-state index contributed by atoms with van der Waals surface area (Å²) in [6.45, 7) is 2.21. The highest BCUT2D eigenvalue weighted by molar-refractivity contribution is 8.01. The van der Waals surface area contributed by atoms with Gasteiger partial charge in [0.2, 0.25) is 0 Å². The fourth-order valence-corrected chi connectivity index (χ4v) is 1.79. The Morgan fingerprint density at radius 2 is 2.67 bits per heavy atom. The monoisotopic (exact) mass is 204 g/mol. The lowest BCUT2D eigenvalue weighted by atomic mass is 10.8. The van der Waals surface area contributed by atoms with Gasteiger partial charge in [-0.1, -0.05) is 11.8 Å². The normalized spacial score (nSPS) is 9.75. The molecule has 0 saturated heterocycles. The topological polar surface area (TPSA) is 52.1 Å². The highest BCUT2D eigenvalue weighted by Crippen LogP contribution is 2.17. The number of rotatable bonds is 4. The van der Waals surface area contributed by atoms with Gasteiger partial charge < -0.3 is 4.74 Å². The summed E-state index contributed by atoms with van der Waals surface area (Å²) in [7, 11) is 0. The van der Waals surface area contributed by atoms with Crippen LogP contribution in [0.2, 0.25) is 0 Å².